The number of para-hydroxylation sites is 1. The molecule has 1 aromatic heterocycles. The van der Waals surface area contributed by atoms with E-state index in [0.717, 1.165) is 34.0 Å². The standard InChI is InChI=1S/C29H31F3N6O3/c1-18(34-26(40)15-33-2)8-9-19-6-4-5-7-24(19)38(17-39)16-23-22-12-10-21(14-20(22)11-13-25(23)41-3)27-35-28(37-36-27)29(30,31)32/h4-7,10-14,17-18,33H,8-9,15-16H2,1-3H3,(H,34,40)(H,35,36,37). The van der Waals surface area contributed by atoms with E-state index >= 15 is 0 Å². The van der Waals surface area contributed by atoms with Gasteiger partial charge in [0.1, 0.15) is 5.75 Å². The van der Waals surface area contributed by atoms with Crippen LogP contribution in [0.2, 0.25) is 0 Å². The number of methoxy groups -OCH3 is 1. The first-order valence-corrected chi connectivity index (χ1v) is 13.0. The van der Waals surface area contributed by atoms with E-state index in [1.54, 1.807) is 42.3 Å². The van der Waals surface area contributed by atoms with Gasteiger partial charge in [-0.15, -0.1) is 10.2 Å². The van der Waals surface area contributed by atoms with Crippen LogP contribution in [0.25, 0.3) is 22.2 Å². The van der Waals surface area contributed by atoms with Gasteiger partial charge in [-0.2, -0.15) is 13.2 Å². The third-order valence-electron chi connectivity index (χ3n) is 6.69. The van der Waals surface area contributed by atoms with Gasteiger partial charge in [-0.1, -0.05) is 36.4 Å². The Labute approximate surface area is 235 Å². The highest BCUT2D eigenvalue weighted by Crippen LogP contribution is 2.34. The highest BCUT2D eigenvalue weighted by Gasteiger charge is 2.35. The molecule has 4 aromatic rings. The molecule has 0 saturated carbocycles. The molecule has 1 heterocycles. The van der Waals surface area contributed by atoms with Crippen molar-refractivity contribution in [2.24, 2.45) is 0 Å². The molecule has 1 atom stereocenters. The van der Waals surface area contributed by atoms with Crippen LogP contribution in [-0.4, -0.2) is 54.2 Å². The summed E-state index contributed by atoms with van der Waals surface area (Å²) in [5.41, 5.74) is 2.85. The average Bonchev–Trinajstić information content (AvgIpc) is 3.46. The number of halogens is 3. The first-order chi connectivity index (χ1) is 19.6. The molecule has 0 aliphatic rings. The third-order valence-corrected chi connectivity index (χ3v) is 6.69. The Balaban J connectivity index is 1.61. The Bertz CT molecular complexity index is 1520. The number of anilines is 1. The molecular formula is C29H31F3N6O3. The molecule has 0 bridgehead atoms. The quantitative estimate of drug-likeness (QED) is 0.218. The number of carbonyl (C=O) groups excluding carboxylic acids is 2. The van der Waals surface area contributed by atoms with E-state index in [1.807, 2.05) is 31.2 Å². The second-order valence-electron chi connectivity index (χ2n) is 9.60. The van der Waals surface area contributed by atoms with Crippen molar-refractivity contribution in [3.8, 4) is 17.1 Å². The number of rotatable bonds is 12. The lowest BCUT2D eigenvalue weighted by Gasteiger charge is -2.24. The van der Waals surface area contributed by atoms with Gasteiger partial charge >= 0.3 is 6.18 Å². The fourth-order valence-corrected chi connectivity index (χ4v) is 4.68. The number of H-pyrrole nitrogens is 1. The van der Waals surface area contributed by atoms with Crippen molar-refractivity contribution < 1.29 is 27.5 Å². The average molecular weight is 569 g/mol. The molecule has 12 heteroatoms. The van der Waals surface area contributed by atoms with Crippen molar-refractivity contribution >= 4 is 28.8 Å². The molecule has 4 rings (SSSR count). The SMILES string of the molecule is CNCC(=O)NC(C)CCc1ccccc1N(C=O)Cc1c(OC)ccc2cc(-c3nnc(C(F)(F)F)[nH]3)ccc12. The van der Waals surface area contributed by atoms with Gasteiger partial charge in [-0.05, 0) is 61.3 Å². The van der Waals surface area contributed by atoms with E-state index in [4.69, 9.17) is 4.74 Å². The summed E-state index contributed by atoms with van der Waals surface area (Å²) in [6.07, 6.45) is -2.56. The molecule has 0 fully saturated rings. The number of likely N-dealkylation sites (N-methyl/N-ethyl adjacent to an activating group) is 1. The van der Waals surface area contributed by atoms with E-state index in [0.29, 0.717) is 24.2 Å². The second kappa shape index (κ2) is 12.8. The zero-order valence-corrected chi connectivity index (χ0v) is 22.9. The Hall–Kier alpha value is -4.45. The maximum Gasteiger partial charge on any atom is 0.451 e. The van der Waals surface area contributed by atoms with Gasteiger partial charge in [-0.3, -0.25) is 9.59 Å². The number of nitrogens with one attached hydrogen (secondary N) is 3. The van der Waals surface area contributed by atoms with Crippen LogP contribution in [0.1, 0.15) is 30.3 Å². The van der Waals surface area contributed by atoms with Crippen molar-refractivity contribution in [3.63, 3.8) is 0 Å². The molecule has 3 N–H and O–H groups in total. The number of hydrogen-bond acceptors (Lipinski definition) is 6. The van der Waals surface area contributed by atoms with Crippen LogP contribution in [0.3, 0.4) is 0 Å². The van der Waals surface area contributed by atoms with E-state index in [-0.39, 0.29) is 30.9 Å². The van der Waals surface area contributed by atoms with E-state index in [9.17, 15) is 22.8 Å². The number of ether oxygens (including phenoxy) is 1. The first kappa shape index (κ1) is 29.5. The molecular weight excluding hydrogens is 537 g/mol. The lowest BCUT2D eigenvalue weighted by molar-refractivity contribution is -0.144. The molecule has 41 heavy (non-hydrogen) atoms. The van der Waals surface area contributed by atoms with Crippen molar-refractivity contribution in [2.45, 2.75) is 38.5 Å². The number of alkyl halides is 3. The molecule has 0 saturated heterocycles. The number of hydrogen-bond donors (Lipinski definition) is 3. The molecule has 9 nitrogen and oxygen atoms in total. The molecule has 1 unspecified atom stereocenters. The molecule has 0 aliphatic heterocycles. The van der Waals surface area contributed by atoms with Gasteiger partial charge < -0.3 is 25.3 Å². The minimum atomic E-state index is -4.63. The minimum Gasteiger partial charge on any atom is -0.496 e. The predicted octanol–water partition coefficient (Wildman–Crippen LogP) is 4.47. The monoisotopic (exact) mass is 568 g/mol. The van der Waals surface area contributed by atoms with E-state index < -0.39 is 12.0 Å². The van der Waals surface area contributed by atoms with Gasteiger partial charge in [-0.25, -0.2) is 0 Å². The van der Waals surface area contributed by atoms with Gasteiger partial charge in [0.25, 0.3) is 0 Å². The third kappa shape index (κ3) is 7.01. The normalized spacial score (nSPS) is 12.2. The lowest BCUT2D eigenvalue weighted by atomic mass is 9.99. The molecule has 0 radical (unpaired) electrons. The van der Waals surface area contributed by atoms with Gasteiger partial charge in [0, 0.05) is 22.9 Å². The van der Waals surface area contributed by atoms with Crippen molar-refractivity contribution in [2.75, 3.05) is 25.6 Å². The molecule has 216 valence electrons. The highest BCUT2D eigenvalue weighted by atomic mass is 19.4. The first-order valence-electron chi connectivity index (χ1n) is 13.0. The predicted molar refractivity (Wildman–Crippen MR) is 149 cm³/mol. The maximum atomic E-state index is 13.0. The van der Waals surface area contributed by atoms with Crippen LogP contribution in [0.15, 0.2) is 54.6 Å². The lowest BCUT2D eigenvalue weighted by Crippen LogP contribution is -2.38. The summed E-state index contributed by atoms with van der Waals surface area (Å²) < 4.78 is 44.6. The summed E-state index contributed by atoms with van der Waals surface area (Å²) in [6, 6.07) is 16.2. The second-order valence-corrected chi connectivity index (χ2v) is 9.60. The number of amides is 2. The highest BCUT2D eigenvalue weighted by molar-refractivity contribution is 5.92. The largest absolute Gasteiger partial charge is 0.496 e. The fourth-order valence-electron chi connectivity index (χ4n) is 4.68. The Morgan fingerprint density at radius 1 is 1.15 bits per heavy atom. The maximum absolute atomic E-state index is 13.0. The van der Waals surface area contributed by atoms with Crippen LogP contribution in [0.4, 0.5) is 18.9 Å². The Morgan fingerprint density at radius 2 is 1.93 bits per heavy atom. The summed E-state index contributed by atoms with van der Waals surface area (Å²) >= 11 is 0. The Morgan fingerprint density at radius 3 is 2.61 bits per heavy atom. The summed E-state index contributed by atoms with van der Waals surface area (Å²) in [5, 5.41) is 14.1. The fraction of sp³-hybridized carbons (Fsp3) is 0.310. The van der Waals surface area contributed by atoms with E-state index in [2.05, 4.69) is 25.8 Å². The van der Waals surface area contributed by atoms with Crippen molar-refractivity contribution in [3.05, 3.63) is 71.5 Å². The summed E-state index contributed by atoms with van der Waals surface area (Å²) in [4.78, 5) is 28.1. The summed E-state index contributed by atoms with van der Waals surface area (Å²) in [5.74, 6) is -0.693. The number of benzene rings is 3. The molecule has 2 amide bonds. The molecule has 3 aromatic carbocycles. The van der Waals surface area contributed by atoms with E-state index in [1.165, 1.54) is 7.11 Å². The van der Waals surface area contributed by atoms with Gasteiger partial charge in [0.2, 0.25) is 18.1 Å². The smallest absolute Gasteiger partial charge is 0.451 e. The van der Waals surface area contributed by atoms with Crippen LogP contribution in [-0.2, 0) is 28.7 Å². The zero-order chi connectivity index (χ0) is 29.6. The van der Waals surface area contributed by atoms with Crippen molar-refractivity contribution in [1.82, 2.24) is 25.8 Å². The van der Waals surface area contributed by atoms with Gasteiger partial charge in [0.15, 0.2) is 5.82 Å². The van der Waals surface area contributed by atoms with Crippen LogP contribution in [0.5, 0.6) is 5.75 Å². The molecule has 0 aliphatic carbocycles. The Kier molecular flexibility index (Phi) is 9.23. The summed E-state index contributed by atoms with van der Waals surface area (Å²) in [7, 11) is 3.25. The zero-order valence-electron chi connectivity index (χ0n) is 22.9. The molecule has 0 spiro atoms. The number of nitrogens with zero attached hydrogens (tertiary/aromatic N) is 3. The van der Waals surface area contributed by atoms with Gasteiger partial charge in [0.05, 0.1) is 20.2 Å². The number of fused-ring (bicyclic) bond motifs is 1. The van der Waals surface area contributed by atoms with Crippen LogP contribution in [0, 0.1) is 0 Å². The number of aromatic nitrogens is 3. The number of carbonyl (C=O) groups is 2. The van der Waals surface area contributed by atoms with Crippen molar-refractivity contribution in [1.29, 1.82) is 0 Å². The van der Waals surface area contributed by atoms with Crippen LogP contribution < -0.4 is 20.3 Å². The summed E-state index contributed by atoms with van der Waals surface area (Å²) in [6.45, 7) is 2.36. The van der Waals surface area contributed by atoms with Crippen LogP contribution >= 0.6 is 0 Å². The number of aryl methyl sites for hydroxylation is 1. The number of aromatic amines is 1. The minimum absolute atomic E-state index is 0.00332. The topological polar surface area (TPSA) is 112 Å².